The summed E-state index contributed by atoms with van der Waals surface area (Å²) in [6.07, 6.45) is 3.91. The van der Waals surface area contributed by atoms with Gasteiger partial charge in [0, 0.05) is 18.9 Å². The normalized spacial score (nSPS) is 10.6. The van der Waals surface area contributed by atoms with E-state index >= 15 is 0 Å². The zero-order chi connectivity index (χ0) is 9.80. The van der Waals surface area contributed by atoms with Crippen LogP contribution in [0.2, 0.25) is 0 Å². The van der Waals surface area contributed by atoms with Gasteiger partial charge in [-0.25, -0.2) is 0 Å². The molecule has 0 aromatic carbocycles. The molecule has 0 aliphatic heterocycles. The largest absolute Gasteiger partial charge is 0.465 e. The van der Waals surface area contributed by atoms with Crippen molar-refractivity contribution >= 4 is 0 Å². The number of nitrogens with one attached hydrogen (secondary N) is 2. The molecule has 2 aromatic rings. The molecule has 2 heterocycles. The van der Waals surface area contributed by atoms with Crippen molar-refractivity contribution in [2.24, 2.45) is 0 Å². The Labute approximate surface area is 83.1 Å². The first-order chi connectivity index (χ1) is 6.84. The Morgan fingerprint density at radius 1 is 1.29 bits per heavy atom. The summed E-state index contributed by atoms with van der Waals surface area (Å²) in [7, 11) is 0. The SMILES string of the molecule is Cc1ccc(CNCc2cc[nH]c2)o1. The number of aryl methyl sites for hydroxylation is 1. The van der Waals surface area contributed by atoms with Crippen LogP contribution in [0.5, 0.6) is 0 Å². The zero-order valence-corrected chi connectivity index (χ0v) is 8.21. The van der Waals surface area contributed by atoms with Crippen molar-refractivity contribution < 1.29 is 4.42 Å². The van der Waals surface area contributed by atoms with Crippen LogP contribution in [0.1, 0.15) is 17.1 Å². The quantitative estimate of drug-likeness (QED) is 0.776. The number of hydrogen-bond donors (Lipinski definition) is 2. The molecule has 2 N–H and O–H groups in total. The molecule has 74 valence electrons. The third kappa shape index (κ3) is 2.26. The molecule has 0 aliphatic carbocycles. The molecule has 0 spiro atoms. The Kier molecular flexibility index (Phi) is 2.70. The van der Waals surface area contributed by atoms with Gasteiger partial charge in [0.25, 0.3) is 0 Å². The summed E-state index contributed by atoms with van der Waals surface area (Å²) in [6.45, 7) is 3.60. The maximum Gasteiger partial charge on any atom is 0.117 e. The molecule has 3 nitrogen and oxygen atoms in total. The average Bonchev–Trinajstić information content (AvgIpc) is 2.77. The molecule has 0 fully saturated rings. The molecule has 0 aliphatic rings. The van der Waals surface area contributed by atoms with Gasteiger partial charge < -0.3 is 14.7 Å². The van der Waals surface area contributed by atoms with Crippen LogP contribution in [0.15, 0.2) is 35.0 Å². The van der Waals surface area contributed by atoms with Gasteiger partial charge in [-0.1, -0.05) is 0 Å². The molecule has 0 unspecified atom stereocenters. The lowest BCUT2D eigenvalue weighted by molar-refractivity contribution is 0.462. The Morgan fingerprint density at radius 2 is 2.21 bits per heavy atom. The average molecular weight is 190 g/mol. The van der Waals surface area contributed by atoms with Crippen LogP contribution in [0.3, 0.4) is 0 Å². The van der Waals surface area contributed by atoms with Crippen molar-refractivity contribution in [1.82, 2.24) is 10.3 Å². The zero-order valence-electron chi connectivity index (χ0n) is 8.21. The van der Waals surface area contributed by atoms with Crippen LogP contribution in [0.4, 0.5) is 0 Å². The van der Waals surface area contributed by atoms with Crippen LogP contribution < -0.4 is 5.32 Å². The summed E-state index contributed by atoms with van der Waals surface area (Å²) in [5, 5.41) is 3.30. The molecular weight excluding hydrogens is 176 g/mol. The molecule has 0 bridgehead atoms. The van der Waals surface area contributed by atoms with Gasteiger partial charge in [0.1, 0.15) is 11.5 Å². The van der Waals surface area contributed by atoms with Gasteiger partial charge in [0.05, 0.1) is 6.54 Å². The minimum absolute atomic E-state index is 0.777. The highest BCUT2D eigenvalue weighted by atomic mass is 16.3. The first kappa shape index (κ1) is 9.09. The summed E-state index contributed by atoms with van der Waals surface area (Å²) in [4.78, 5) is 3.02. The monoisotopic (exact) mass is 190 g/mol. The summed E-state index contributed by atoms with van der Waals surface area (Å²) in [5.74, 6) is 1.95. The molecule has 2 aromatic heterocycles. The van der Waals surface area contributed by atoms with Crippen molar-refractivity contribution in [2.45, 2.75) is 20.0 Å². The minimum atomic E-state index is 0.777. The fourth-order valence-electron chi connectivity index (χ4n) is 1.38. The number of aromatic nitrogens is 1. The minimum Gasteiger partial charge on any atom is -0.465 e. The number of rotatable bonds is 4. The van der Waals surface area contributed by atoms with Crippen LogP contribution in [-0.2, 0) is 13.1 Å². The van der Waals surface area contributed by atoms with Gasteiger partial charge in [-0.3, -0.25) is 0 Å². The van der Waals surface area contributed by atoms with Gasteiger partial charge in [0.2, 0.25) is 0 Å². The molecule has 0 radical (unpaired) electrons. The van der Waals surface area contributed by atoms with E-state index < -0.39 is 0 Å². The number of hydrogen-bond acceptors (Lipinski definition) is 2. The van der Waals surface area contributed by atoms with Crippen LogP contribution in [0.25, 0.3) is 0 Å². The van der Waals surface area contributed by atoms with E-state index in [0.717, 1.165) is 24.6 Å². The lowest BCUT2D eigenvalue weighted by Crippen LogP contribution is -2.11. The second-order valence-electron chi connectivity index (χ2n) is 3.34. The lowest BCUT2D eigenvalue weighted by Gasteiger charge is -1.99. The molecular formula is C11H14N2O. The van der Waals surface area contributed by atoms with E-state index in [1.54, 1.807) is 0 Å². The van der Waals surface area contributed by atoms with E-state index in [4.69, 9.17) is 4.42 Å². The molecule has 0 saturated carbocycles. The molecule has 0 amide bonds. The first-order valence-corrected chi connectivity index (χ1v) is 4.72. The Hall–Kier alpha value is -1.48. The smallest absolute Gasteiger partial charge is 0.117 e. The fraction of sp³-hybridized carbons (Fsp3) is 0.273. The van der Waals surface area contributed by atoms with Gasteiger partial charge in [-0.05, 0) is 30.7 Å². The molecule has 0 atom stereocenters. The molecule has 0 saturated heterocycles. The highest BCUT2D eigenvalue weighted by Crippen LogP contribution is 2.05. The number of furan rings is 1. The summed E-state index contributed by atoms with van der Waals surface area (Å²) < 4.78 is 5.43. The maximum atomic E-state index is 5.43. The van der Waals surface area contributed by atoms with Crippen LogP contribution in [0, 0.1) is 6.92 Å². The van der Waals surface area contributed by atoms with Crippen molar-refractivity contribution in [3.8, 4) is 0 Å². The van der Waals surface area contributed by atoms with Crippen LogP contribution in [-0.4, -0.2) is 4.98 Å². The second kappa shape index (κ2) is 4.15. The van der Waals surface area contributed by atoms with Gasteiger partial charge in [0.15, 0.2) is 0 Å². The highest BCUT2D eigenvalue weighted by Gasteiger charge is 1.97. The summed E-state index contributed by atoms with van der Waals surface area (Å²) in [6, 6.07) is 6.03. The standard InChI is InChI=1S/C11H14N2O/c1-9-2-3-11(14-9)8-13-7-10-4-5-12-6-10/h2-6,12-13H,7-8H2,1H3. The van der Waals surface area contributed by atoms with Gasteiger partial charge in [-0.15, -0.1) is 0 Å². The summed E-state index contributed by atoms with van der Waals surface area (Å²) >= 11 is 0. The molecule has 2 rings (SSSR count). The Balaban J connectivity index is 1.78. The topological polar surface area (TPSA) is 41.0 Å². The van der Waals surface area contributed by atoms with Crippen molar-refractivity contribution in [3.05, 3.63) is 47.7 Å². The first-order valence-electron chi connectivity index (χ1n) is 4.72. The van der Waals surface area contributed by atoms with Crippen molar-refractivity contribution in [1.29, 1.82) is 0 Å². The number of H-pyrrole nitrogens is 1. The van der Waals surface area contributed by atoms with E-state index in [2.05, 4.69) is 16.4 Å². The summed E-state index contributed by atoms with van der Waals surface area (Å²) in [5.41, 5.74) is 1.26. The maximum absolute atomic E-state index is 5.43. The third-order valence-corrected chi connectivity index (χ3v) is 2.09. The van der Waals surface area contributed by atoms with Gasteiger partial charge in [-0.2, -0.15) is 0 Å². The molecule has 14 heavy (non-hydrogen) atoms. The van der Waals surface area contributed by atoms with Crippen LogP contribution >= 0.6 is 0 Å². The second-order valence-corrected chi connectivity index (χ2v) is 3.34. The van der Waals surface area contributed by atoms with E-state index in [0.29, 0.717) is 0 Å². The predicted octanol–water partition coefficient (Wildman–Crippen LogP) is 2.21. The van der Waals surface area contributed by atoms with E-state index in [9.17, 15) is 0 Å². The Bertz CT molecular complexity index is 376. The fourth-order valence-corrected chi connectivity index (χ4v) is 1.38. The predicted molar refractivity (Wildman–Crippen MR) is 54.8 cm³/mol. The van der Waals surface area contributed by atoms with Crippen molar-refractivity contribution in [2.75, 3.05) is 0 Å². The van der Waals surface area contributed by atoms with E-state index in [-0.39, 0.29) is 0 Å². The van der Waals surface area contributed by atoms with Gasteiger partial charge >= 0.3 is 0 Å². The van der Waals surface area contributed by atoms with Crippen molar-refractivity contribution in [3.63, 3.8) is 0 Å². The lowest BCUT2D eigenvalue weighted by atomic mass is 10.3. The highest BCUT2D eigenvalue weighted by molar-refractivity contribution is 5.09. The Morgan fingerprint density at radius 3 is 2.86 bits per heavy atom. The third-order valence-electron chi connectivity index (χ3n) is 2.09. The molecule has 3 heteroatoms. The number of aromatic amines is 1. The van der Waals surface area contributed by atoms with E-state index in [1.807, 2.05) is 31.5 Å². The van der Waals surface area contributed by atoms with E-state index in [1.165, 1.54) is 5.56 Å².